The molecule has 1 aliphatic heterocycles. The third-order valence-electron chi connectivity index (χ3n) is 3.65. The summed E-state index contributed by atoms with van der Waals surface area (Å²) in [7, 11) is -1.03. The van der Waals surface area contributed by atoms with Gasteiger partial charge in [-0.15, -0.1) is 0 Å². The summed E-state index contributed by atoms with van der Waals surface area (Å²) in [4.78, 5) is 2.23. The third-order valence-corrected chi connectivity index (χ3v) is 5.69. The fourth-order valence-corrected chi connectivity index (χ4v) is 4.03. The van der Waals surface area contributed by atoms with Gasteiger partial charge in [0.15, 0.2) is 0 Å². The Morgan fingerprint density at radius 1 is 1.21 bits per heavy atom. The van der Waals surface area contributed by atoms with E-state index in [9.17, 15) is 8.42 Å². The van der Waals surface area contributed by atoms with Crippen LogP contribution in [0.3, 0.4) is 0 Å². The molecule has 0 N–H and O–H groups in total. The molecule has 106 valence electrons. The predicted molar refractivity (Wildman–Crippen MR) is 77.5 cm³/mol. The Hall–Kier alpha value is -0.910. The van der Waals surface area contributed by atoms with Gasteiger partial charge in [0.25, 0.3) is 0 Å². The van der Waals surface area contributed by atoms with E-state index < -0.39 is 10.0 Å². The first-order chi connectivity index (χ1) is 9.04. The topological polar surface area (TPSA) is 40.6 Å². The number of hydrogen-bond donors (Lipinski definition) is 0. The summed E-state index contributed by atoms with van der Waals surface area (Å²) in [5.41, 5.74) is 1.18. The number of hydrogen-bond acceptors (Lipinski definition) is 3. The number of nitrogens with zero attached hydrogens (tertiary/aromatic N) is 2. The minimum atomic E-state index is -3.09. The van der Waals surface area contributed by atoms with Crippen molar-refractivity contribution in [1.82, 2.24) is 9.21 Å². The van der Waals surface area contributed by atoms with Crippen molar-refractivity contribution in [3.63, 3.8) is 0 Å². The third kappa shape index (κ3) is 3.35. The van der Waals surface area contributed by atoms with Crippen LogP contribution in [0.15, 0.2) is 30.3 Å². The molecule has 19 heavy (non-hydrogen) atoms. The molecule has 1 fully saturated rings. The van der Waals surface area contributed by atoms with E-state index in [1.807, 2.05) is 25.1 Å². The van der Waals surface area contributed by atoms with Crippen molar-refractivity contribution in [2.24, 2.45) is 0 Å². The molecule has 2 rings (SSSR count). The molecule has 0 aliphatic carbocycles. The molecule has 0 amide bonds. The molecule has 0 radical (unpaired) electrons. The van der Waals surface area contributed by atoms with Crippen molar-refractivity contribution in [2.75, 3.05) is 32.4 Å². The van der Waals surface area contributed by atoms with E-state index >= 15 is 0 Å². The smallest absolute Gasteiger partial charge is 0.214 e. The van der Waals surface area contributed by atoms with Crippen molar-refractivity contribution >= 4 is 10.0 Å². The van der Waals surface area contributed by atoms with Crippen molar-refractivity contribution in [2.45, 2.75) is 19.4 Å². The highest BCUT2D eigenvalue weighted by atomic mass is 32.2. The molecule has 0 bridgehead atoms. The van der Waals surface area contributed by atoms with Crippen LogP contribution in [-0.2, 0) is 10.0 Å². The van der Waals surface area contributed by atoms with E-state index in [2.05, 4.69) is 24.1 Å². The highest BCUT2D eigenvalue weighted by Gasteiger charge is 2.31. The molecule has 1 atom stereocenters. The second-order valence-electron chi connectivity index (χ2n) is 5.08. The molecular formula is C14H22N2O2S. The van der Waals surface area contributed by atoms with Crippen LogP contribution in [0.4, 0.5) is 0 Å². The zero-order valence-electron chi connectivity index (χ0n) is 11.6. The van der Waals surface area contributed by atoms with Crippen LogP contribution < -0.4 is 0 Å². The summed E-state index contributed by atoms with van der Waals surface area (Å²) in [5.74, 6) is 0.248. The fourth-order valence-electron chi connectivity index (χ4n) is 2.52. The van der Waals surface area contributed by atoms with Gasteiger partial charge >= 0.3 is 0 Å². The Bertz CT molecular complexity index is 501. The van der Waals surface area contributed by atoms with E-state index in [0.717, 1.165) is 6.54 Å². The highest BCUT2D eigenvalue weighted by molar-refractivity contribution is 7.89. The van der Waals surface area contributed by atoms with Crippen molar-refractivity contribution < 1.29 is 8.42 Å². The largest absolute Gasteiger partial charge is 0.297 e. The monoisotopic (exact) mass is 282 g/mol. The fraction of sp³-hybridized carbons (Fsp3) is 0.571. The van der Waals surface area contributed by atoms with Gasteiger partial charge in [-0.2, -0.15) is 4.31 Å². The SMILES string of the molecule is CCCS(=O)(=O)N1CCN(C)[C@@H](c2ccccc2)C1. The molecule has 0 aromatic heterocycles. The quantitative estimate of drug-likeness (QED) is 0.844. The van der Waals surface area contributed by atoms with Gasteiger partial charge < -0.3 is 0 Å². The summed E-state index contributed by atoms with van der Waals surface area (Å²) < 4.78 is 26.0. The zero-order chi connectivity index (χ0) is 13.9. The first kappa shape index (κ1) is 14.5. The summed E-state index contributed by atoms with van der Waals surface area (Å²) in [6, 6.07) is 10.3. The first-order valence-electron chi connectivity index (χ1n) is 6.77. The second kappa shape index (κ2) is 6.03. The molecule has 1 heterocycles. The number of likely N-dealkylation sites (N-methyl/N-ethyl adjacent to an activating group) is 1. The van der Waals surface area contributed by atoms with Crippen LogP contribution in [0.2, 0.25) is 0 Å². The number of piperazine rings is 1. The number of rotatable bonds is 4. The summed E-state index contributed by atoms with van der Waals surface area (Å²) >= 11 is 0. The number of benzene rings is 1. The normalized spacial score (nSPS) is 22.5. The predicted octanol–water partition coefficient (Wildman–Crippen LogP) is 1.71. The van der Waals surface area contributed by atoms with E-state index in [1.165, 1.54) is 5.56 Å². The minimum absolute atomic E-state index is 0.154. The van der Waals surface area contributed by atoms with Crippen LogP contribution in [0.5, 0.6) is 0 Å². The van der Waals surface area contributed by atoms with Crippen molar-refractivity contribution in [1.29, 1.82) is 0 Å². The van der Waals surface area contributed by atoms with Gasteiger partial charge in [-0.3, -0.25) is 4.90 Å². The average molecular weight is 282 g/mol. The highest BCUT2D eigenvalue weighted by Crippen LogP contribution is 2.25. The Morgan fingerprint density at radius 2 is 1.89 bits per heavy atom. The van der Waals surface area contributed by atoms with E-state index in [1.54, 1.807) is 4.31 Å². The molecule has 0 saturated carbocycles. The Labute approximate surface area is 116 Å². The van der Waals surface area contributed by atoms with Gasteiger partial charge in [-0.1, -0.05) is 37.3 Å². The maximum atomic E-state index is 12.2. The van der Waals surface area contributed by atoms with Gasteiger partial charge in [0, 0.05) is 25.7 Å². The van der Waals surface area contributed by atoms with E-state index in [0.29, 0.717) is 19.5 Å². The van der Waals surface area contributed by atoms with Crippen LogP contribution in [0, 0.1) is 0 Å². The van der Waals surface area contributed by atoms with Gasteiger partial charge in [0.05, 0.1) is 5.75 Å². The summed E-state index contributed by atoms with van der Waals surface area (Å²) in [6.07, 6.45) is 0.671. The molecular weight excluding hydrogens is 260 g/mol. The van der Waals surface area contributed by atoms with Gasteiger partial charge in [-0.05, 0) is 19.0 Å². The zero-order valence-corrected chi connectivity index (χ0v) is 12.4. The lowest BCUT2D eigenvalue weighted by molar-refractivity contribution is 0.148. The Balaban J connectivity index is 2.17. The van der Waals surface area contributed by atoms with Crippen LogP contribution in [0.1, 0.15) is 24.9 Å². The van der Waals surface area contributed by atoms with Crippen molar-refractivity contribution in [3.8, 4) is 0 Å². The molecule has 1 aliphatic rings. The van der Waals surface area contributed by atoms with Crippen LogP contribution >= 0.6 is 0 Å². The summed E-state index contributed by atoms with van der Waals surface area (Å²) in [6.45, 7) is 3.84. The van der Waals surface area contributed by atoms with Gasteiger partial charge in [0.2, 0.25) is 10.0 Å². The molecule has 0 unspecified atom stereocenters. The lowest BCUT2D eigenvalue weighted by atomic mass is 10.0. The summed E-state index contributed by atoms with van der Waals surface area (Å²) in [5, 5.41) is 0. The van der Waals surface area contributed by atoms with Gasteiger partial charge in [0.1, 0.15) is 0 Å². The molecule has 0 spiro atoms. The Kier molecular flexibility index (Phi) is 4.60. The van der Waals surface area contributed by atoms with Gasteiger partial charge in [-0.25, -0.2) is 8.42 Å². The maximum Gasteiger partial charge on any atom is 0.214 e. The minimum Gasteiger partial charge on any atom is -0.297 e. The molecule has 5 heteroatoms. The van der Waals surface area contributed by atoms with Crippen LogP contribution in [-0.4, -0.2) is 50.1 Å². The van der Waals surface area contributed by atoms with E-state index in [4.69, 9.17) is 0 Å². The molecule has 4 nitrogen and oxygen atoms in total. The maximum absolute atomic E-state index is 12.2. The lowest BCUT2D eigenvalue weighted by Crippen LogP contribution is -2.49. The number of sulfonamides is 1. The molecule has 1 aromatic carbocycles. The average Bonchev–Trinajstić information content (AvgIpc) is 2.40. The van der Waals surface area contributed by atoms with Crippen LogP contribution in [0.25, 0.3) is 0 Å². The first-order valence-corrected chi connectivity index (χ1v) is 8.38. The molecule has 1 saturated heterocycles. The van der Waals surface area contributed by atoms with E-state index in [-0.39, 0.29) is 11.8 Å². The Morgan fingerprint density at radius 3 is 2.53 bits per heavy atom. The molecule has 1 aromatic rings. The lowest BCUT2D eigenvalue weighted by Gasteiger charge is -2.39. The standard InChI is InChI=1S/C14H22N2O2S/c1-3-11-19(17,18)16-10-9-15(2)14(12-16)13-7-5-4-6-8-13/h4-8,14H,3,9-12H2,1-2H3/t14-/m1/s1. The van der Waals surface area contributed by atoms with Crippen molar-refractivity contribution in [3.05, 3.63) is 35.9 Å². The second-order valence-corrected chi connectivity index (χ2v) is 7.17.